The first-order valence-electron chi connectivity index (χ1n) is 8.50. The van der Waals surface area contributed by atoms with Crippen LogP contribution in [0.15, 0.2) is 18.2 Å². The average Bonchev–Trinajstić information content (AvgIpc) is 3.21. The Bertz CT molecular complexity index is 662. The van der Waals surface area contributed by atoms with E-state index < -0.39 is 11.4 Å². The molecule has 1 aliphatic heterocycles. The number of nitrogens with two attached hydrogens (primary N) is 1. The zero-order valence-corrected chi connectivity index (χ0v) is 14.1. The van der Waals surface area contributed by atoms with Crippen molar-refractivity contribution >= 4 is 11.8 Å². The molecular formula is C18H24FN3O2. The Morgan fingerprint density at radius 2 is 1.92 bits per heavy atom. The minimum Gasteiger partial charge on any atom is -0.350 e. The Hall–Kier alpha value is -1.95. The monoisotopic (exact) mass is 333 g/mol. The molecule has 24 heavy (non-hydrogen) atoms. The van der Waals surface area contributed by atoms with Crippen LogP contribution in [0.5, 0.6) is 0 Å². The van der Waals surface area contributed by atoms with Crippen LogP contribution in [0.25, 0.3) is 0 Å². The fraction of sp³-hybridized carbons (Fsp3) is 0.556. The van der Waals surface area contributed by atoms with E-state index in [4.69, 9.17) is 5.73 Å². The lowest BCUT2D eigenvalue weighted by molar-refractivity contribution is -0.123. The fourth-order valence-electron chi connectivity index (χ4n) is 3.28. The lowest BCUT2D eigenvalue weighted by atomic mass is 10.1. The SMILES string of the molecule is CC1CCC(C)N1C(=O)c1ccc(CNC(=O)C2(N)CC2)c(F)c1. The van der Waals surface area contributed by atoms with E-state index in [0.29, 0.717) is 24.0 Å². The predicted molar refractivity (Wildman–Crippen MR) is 88.7 cm³/mol. The molecule has 6 heteroatoms. The van der Waals surface area contributed by atoms with E-state index in [0.717, 1.165) is 12.8 Å². The Labute approximate surface area is 141 Å². The molecule has 1 aromatic rings. The van der Waals surface area contributed by atoms with E-state index in [1.807, 2.05) is 18.7 Å². The Balaban J connectivity index is 1.68. The predicted octanol–water partition coefficient (Wildman–Crippen LogP) is 1.95. The van der Waals surface area contributed by atoms with Gasteiger partial charge < -0.3 is 16.0 Å². The van der Waals surface area contributed by atoms with Crippen molar-refractivity contribution in [1.29, 1.82) is 0 Å². The van der Waals surface area contributed by atoms with E-state index in [1.165, 1.54) is 6.07 Å². The van der Waals surface area contributed by atoms with Gasteiger partial charge in [0.05, 0.1) is 5.54 Å². The number of carbonyl (C=O) groups is 2. The van der Waals surface area contributed by atoms with Gasteiger partial charge in [0.1, 0.15) is 5.82 Å². The minimum atomic E-state index is -0.769. The zero-order chi connectivity index (χ0) is 17.5. The molecule has 2 amide bonds. The van der Waals surface area contributed by atoms with Crippen LogP contribution in [-0.2, 0) is 11.3 Å². The molecule has 2 fully saturated rings. The van der Waals surface area contributed by atoms with Gasteiger partial charge in [-0.15, -0.1) is 0 Å². The molecule has 1 heterocycles. The van der Waals surface area contributed by atoms with Crippen molar-refractivity contribution < 1.29 is 14.0 Å². The average molecular weight is 333 g/mol. The van der Waals surface area contributed by atoms with Crippen LogP contribution >= 0.6 is 0 Å². The van der Waals surface area contributed by atoms with E-state index in [1.54, 1.807) is 12.1 Å². The highest BCUT2D eigenvalue weighted by Crippen LogP contribution is 2.32. The van der Waals surface area contributed by atoms with Gasteiger partial charge in [-0.25, -0.2) is 4.39 Å². The van der Waals surface area contributed by atoms with Crippen molar-refractivity contribution in [2.45, 2.75) is 63.7 Å². The summed E-state index contributed by atoms with van der Waals surface area (Å²) in [5, 5.41) is 2.66. The number of rotatable bonds is 4. The van der Waals surface area contributed by atoms with E-state index in [-0.39, 0.29) is 30.4 Å². The number of nitrogens with one attached hydrogen (secondary N) is 1. The third-order valence-electron chi connectivity index (χ3n) is 5.17. The molecule has 2 aliphatic rings. The van der Waals surface area contributed by atoms with Crippen LogP contribution in [0.3, 0.4) is 0 Å². The topological polar surface area (TPSA) is 75.4 Å². The molecule has 0 radical (unpaired) electrons. The molecular weight excluding hydrogens is 309 g/mol. The molecule has 3 rings (SSSR count). The summed E-state index contributed by atoms with van der Waals surface area (Å²) in [6.45, 7) is 4.11. The maximum absolute atomic E-state index is 14.3. The van der Waals surface area contributed by atoms with Crippen molar-refractivity contribution in [3.05, 3.63) is 35.1 Å². The third-order valence-corrected chi connectivity index (χ3v) is 5.17. The van der Waals surface area contributed by atoms with Crippen LogP contribution in [0, 0.1) is 5.82 Å². The largest absolute Gasteiger partial charge is 0.350 e. The van der Waals surface area contributed by atoms with E-state index in [9.17, 15) is 14.0 Å². The van der Waals surface area contributed by atoms with Gasteiger partial charge in [-0.2, -0.15) is 0 Å². The van der Waals surface area contributed by atoms with Crippen molar-refractivity contribution in [3.8, 4) is 0 Å². The van der Waals surface area contributed by atoms with Gasteiger partial charge in [0.15, 0.2) is 0 Å². The smallest absolute Gasteiger partial charge is 0.254 e. The second-order valence-electron chi connectivity index (χ2n) is 7.13. The van der Waals surface area contributed by atoms with Crippen molar-refractivity contribution in [1.82, 2.24) is 10.2 Å². The van der Waals surface area contributed by atoms with Crippen LogP contribution in [0.4, 0.5) is 4.39 Å². The highest BCUT2D eigenvalue weighted by Gasteiger charge is 2.45. The number of hydrogen-bond acceptors (Lipinski definition) is 3. The van der Waals surface area contributed by atoms with Gasteiger partial charge in [0.25, 0.3) is 5.91 Å². The Morgan fingerprint density at radius 3 is 2.46 bits per heavy atom. The number of amides is 2. The highest BCUT2D eigenvalue weighted by atomic mass is 19.1. The normalized spacial score (nSPS) is 24.8. The molecule has 0 spiro atoms. The highest BCUT2D eigenvalue weighted by molar-refractivity contribution is 5.95. The van der Waals surface area contributed by atoms with Gasteiger partial charge >= 0.3 is 0 Å². The first kappa shape index (κ1) is 16.9. The maximum atomic E-state index is 14.3. The molecule has 1 saturated heterocycles. The molecule has 1 aromatic carbocycles. The van der Waals surface area contributed by atoms with Crippen molar-refractivity contribution in [2.24, 2.45) is 5.73 Å². The van der Waals surface area contributed by atoms with Crippen LogP contribution < -0.4 is 11.1 Å². The zero-order valence-electron chi connectivity index (χ0n) is 14.1. The Kier molecular flexibility index (Phi) is 4.34. The molecule has 5 nitrogen and oxygen atoms in total. The number of halogens is 1. The molecule has 2 atom stereocenters. The van der Waals surface area contributed by atoms with Crippen LogP contribution in [0.1, 0.15) is 55.5 Å². The molecule has 2 unspecified atom stereocenters. The quantitative estimate of drug-likeness (QED) is 0.884. The molecule has 3 N–H and O–H groups in total. The number of likely N-dealkylation sites (tertiary alicyclic amines) is 1. The van der Waals surface area contributed by atoms with Gasteiger partial charge in [0.2, 0.25) is 5.91 Å². The van der Waals surface area contributed by atoms with Gasteiger partial charge in [0, 0.05) is 29.8 Å². The number of carbonyl (C=O) groups excluding carboxylic acids is 2. The molecule has 0 aromatic heterocycles. The summed E-state index contributed by atoms with van der Waals surface area (Å²) in [4.78, 5) is 26.2. The van der Waals surface area contributed by atoms with Crippen LogP contribution in [0.2, 0.25) is 0 Å². The van der Waals surface area contributed by atoms with Crippen LogP contribution in [-0.4, -0.2) is 34.3 Å². The van der Waals surface area contributed by atoms with Gasteiger partial charge in [-0.3, -0.25) is 9.59 Å². The lowest BCUT2D eigenvalue weighted by Crippen LogP contribution is -2.42. The summed E-state index contributed by atoms with van der Waals surface area (Å²) < 4.78 is 14.3. The minimum absolute atomic E-state index is 0.0780. The number of benzene rings is 1. The summed E-state index contributed by atoms with van der Waals surface area (Å²) in [6.07, 6.45) is 3.28. The summed E-state index contributed by atoms with van der Waals surface area (Å²) in [5.41, 5.74) is 5.73. The van der Waals surface area contributed by atoms with Gasteiger partial charge in [-0.1, -0.05) is 6.07 Å². The van der Waals surface area contributed by atoms with E-state index >= 15 is 0 Å². The molecule has 1 saturated carbocycles. The maximum Gasteiger partial charge on any atom is 0.254 e. The summed E-state index contributed by atoms with van der Waals surface area (Å²) in [7, 11) is 0. The Morgan fingerprint density at radius 1 is 1.29 bits per heavy atom. The van der Waals surface area contributed by atoms with E-state index in [2.05, 4.69) is 5.32 Å². The molecule has 0 bridgehead atoms. The second kappa shape index (κ2) is 6.16. The second-order valence-corrected chi connectivity index (χ2v) is 7.13. The first-order valence-corrected chi connectivity index (χ1v) is 8.50. The molecule has 1 aliphatic carbocycles. The summed E-state index contributed by atoms with van der Waals surface area (Å²) in [5.74, 6) is -0.870. The number of hydrogen-bond donors (Lipinski definition) is 2. The lowest BCUT2D eigenvalue weighted by Gasteiger charge is -2.26. The summed E-state index contributed by atoms with van der Waals surface area (Å²) in [6, 6.07) is 4.80. The first-order chi connectivity index (χ1) is 11.3. The molecule has 130 valence electrons. The van der Waals surface area contributed by atoms with Gasteiger partial charge in [-0.05, 0) is 51.7 Å². The van der Waals surface area contributed by atoms with Crippen molar-refractivity contribution in [2.75, 3.05) is 0 Å². The standard InChI is InChI=1S/C18H24FN3O2/c1-11-3-4-12(2)22(11)16(23)13-5-6-14(15(19)9-13)10-21-17(24)18(20)7-8-18/h5-6,9,11-12H,3-4,7-8,10,20H2,1-2H3,(H,21,24). The van der Waals surface area contributed by atoms with Crippen molar-refractivity contribution in [3.63, 3.8) is 0 Å². The number of nitrogens with zero attached hydrogens (tertiary/aromatic N) is 1. The third kappa shape index (κ3) is 3.15. The fourth-order valence-corrected chi connectivity index (χ4v) is 3.28. The summed E-state index contributed by atoms with van der Waals surface area (Å²) >= 11 is 0.